The van der Waals surface area contributed by atoms with Crippen molar-refractivity contribution in [1.82, 2.24) is 24.1 Å². The molecule has 0 aliphatic heterocycles. The summed E-state index contributed by atoms with van der Waals surface area (Å²) in [5.41, 5.74) is 11.8. The lowest BCUT2D eigenvalue weighted by atomic mass is 10.0. The van der Waals surface area contributed by atoms with Gasteiger partial charge in [-0.25, -0.2) is 15.0 Å². The van der Waals surface area contributed by atoms with E-state index in [1.807, 2.05) is 0 Å². The Morgan fingerprint density at radius 2 is 0.906 bits per heavy atom. The molecule has 0 saturated carbocycles. The fourth-order valence-corrected chi connectivity index (χ4v) is 9.84. The quantitative estimate of drug-likeness (QED) is 0.168. The standard InChI is InChI=1S/C59H37N5/c1-2-16-38(17-3-1)42-22-14-23-44(37-42)63-51-29-11-8-25-46(51)47-34-35-54-55(56(47)63)49-26-9-12-30-52(49)64(54)53-31-13-10-27-50(53)59-61-57(43-33-32-39-18-4-5-20-41(39)36-43)60-58(62-59)48-28-15-21-40-19-6-7-24-45(40)48/h1-37H. The second-order valence-corrected chi connectivity index (χ2v) is 16.4. The molecule has 0 saturated heterocycles. The van der Waals surface area contributed by atoms with Gasteiger partial charge in [0, 0.05) is 43.9 Å². The van der Waals surface area contributed by atoms with E-state index < -0.39 is 0 Å². The number of fused-ring (bicyclic) bond motifs is 9. The van der Waals surface area contributed by atoms with E-state index in [0.717, 1.165) is 55.3 Å². The lowest BCUT2D eigenvalue weighted by Crippen LogP contribution is -2.04. The summed E-state index contributed by atoms with van der Waals surface area (Å²) in [7, 11) is 0. The molecule has 13 rings (SSSR count). The van der Waals surface area contributed by atoms with Gasteiger partial charge in [-0.3, -0.25) is 0 Å². The highest BCUT2D eigenvalue weighted by molar-refractivity contribution is 6.26. The van der Waals surface area contributed by atoms with Gasteiger partial charge in [0.1, 0.15) is 0 Å². The first kappa shape index (κ1) is 36.0. The van der Waals surface area contributed by atoms with Crippen LogP contribution in [0.1, 0.15) is 0 Å². The first-order chi connectivity index (χ1) is 31.7. The van der Waals surface area contributed by atoms with Crippen LogP contribution in [0.15, 0.2) is 224 Å². The fraction of sp³-hybridized carbons (Fsp3) is 0. The van der Waals surface area contributed by atoms with Gasteiger partial charge in [0.05, 0.1) is 27.8 Å². The second kappa shape index (κ2) is 14.5. The van der Waals surface area contributed by atoms with Gasteiger partial charge in [0.15, 0.2) is 17.5 Å². The smallest absolute Gasteiger partial charge is 0.166 e. The van der Waals surface area contributed by atoms with Crippen LogP contribution in [0.4, 0.5) is 0 Å². The maximum atomic E-state index is 5.37. The van der Waals surface area contributed by atoms with E-state index in [1.54, 1.807) is 0 Å². The molecule has 0 aliphatic rings. The summed E-state index contributed by atoms with van der Waals surface area (Å²) in [5.74, 6) is 1.86. The number of hydrogen-bond acceptors (Lipinski definition) is 3. The molecule has 0 radical (unpaired) electrons. The predicted molar refractivity (Wildman–Crippen MR) is 265 cm³/mol. The molecule has 0 atom stereocenters. The van der Waals surface area contributed by atoms with Crippen LogP contribution < -0.4 is 0 Å². The Bertz CT molecular complexity index is 3970. The number of rotatable bonds is 6. The van der Waals surface area contributed by atoms with E-state index in [4.69, 9.17) is 15.0 Å². The van der Waals surface area contributed by atoms with Crippen molar-refractivity contribution in [2.45, 2.75) is 0 Å². The van der Waals surface area contributed by atoms with Crippen LogP contribution in [-0.2, 0) is 0 Å². The van der Waals surface area contributed by atoms with E-state index >= 15 is 0 Å². The number of nitrogens with zero attached hydrogens (tertiary/aromatic N) is 5. The van der Waals surface area contributed by atoms with Crippen LogP contribution in [0.2, 0.25) is 0 Å². The predicted octanol–water partition coefficient (Wildman–Crippen LogP) is 15.0. The first-order valence-electron chi connectivity index (χ1n) is 21.7. The Labute approximate surface area is 368 Å². The zero-order valence-electron chi connectivity index (χ0n) is 34.6. The van der Waals surface area contributed by atoms with Gasteiger partial charge >= 0.3 is 0 Å². The normalized spacial score (nSPS) is 11.8. The summed E-state index contributed by atoms with van der Waals surface area (Å²) in [6.45, 7) is 0. The Hall–Kier alpha value is -8.67. The van der Waals surface area contributed by atoms with Crippen molar-refractivity contribution in [2.24, 2.45) is 0 Å². The Morgan fingerprint density at radius 1 is 0.297 bits per heavy atom. The summed E-state index contributed by atoms with van der Waals surface area (Å²) in [6.07, 6.45) is 0. The minimum Gasteiger partial charge on any atom is -0.309 e. The monoisotopic (exact) mass is 815 g/mol. The summed E-state index contributed by atoms with van der Waals surface area (Å²) in [5, 5.41) is 9.32. The van der Waals surface area contributed by atoms with Gasteiger partial charge in [-0.2, -0.15) is 0 Å². The molecule has 0 aliphatic carbocycles. The molecule has 13 aromatic rings. The summed E-state index contributed by atoms with van der Waals surface area (Å²) in [6, 6.07) is 79.9. The SMILES string of the molecule is c1ccc(-c2cccc(-n3c4ccccc4c4ccc5c(c6ccccc6n5-c5ccccc5-c5nc(-c6ccc7ccccc7c6)nc(-c6cccc7ccccc67)n5)c43)c2)cc1. The first-order valence-corrected chi connectivity index (χ1v) is 21.7. The van der Waals surface area contributed by atoms with E-state index in [-0.39, 0.29) is 0 Å². The lowest BCUT2D eigenvalue weighted by Gasteiger charge is -2.15. The largest absolute Gasteiger partial charge is 0.309 e. The molecule has 5 nitrogen and oxygen atoms in total. The Balaban J connectivity index is 1.08. The van der Waals surface area contributed by atoms with E-state index in [0.29, 0.717) is 17.5 Å². The molecule has 5 heteroatoms. The minimum absolute atomic E-state index is 0.607. The van der Waals surface area contributed by atoms with Gasteiger partial charge in [-0.05, 0) is 81.2 Å². The summed E-state index contributed by atoms with van der Waals surface area (Å²) in [4.78, 5) is 15.9. The maximum absolute atomic E-state index is 5.37. The van der Waals surface area contributed by atoms with E-state index in [2.05, 4.69) is 234 Å². The van der Waals surface area contributed by atoms with Crippen LogP contribution in [-0.4, -0.2) is 24.1 Å². The number of benzene rings is 10. The van der Waals surface area contributed by atoms with Gasteiger partial charge in [-0.15, -0.1) is 0 Å². The Morgan fingerprint density at radius 3 is 1.77 bits per heavy atom. The average molecular weight is 816 g/mol. The second-order valence-electron chi connectivity index (χ2n) is 16.4. The summed E-state index contributed by atoms with van der Waals surface area (Å²) < 4.78 is 4.86. The molecular weight excluding hydrogens is 779 g/mol. The minimum atomic E-state index is 0.607. The van der Waals surface area contributed by atoms with E-state index in [9.17, 15) is 0 Å². The molecule has 3 heterocycles. The molecular formula is C59H37N5. The van der Waals surface area contributed by atoms with Gasteiger partial charge in [0.25, 0.3) is 0 Å². The van der Waals surface area contributed by atoms with Crippen molar-refractivity contribution < 1.29 is 0 Å². The van der Waals surface area contributed by atoms with Crippen LogP contribution >= 0.6 is 0 Å². The number of para-hydroxylation sites is 3. The van der Waals surface area contributed by atoms with Gasteiger partial charge < -0.3 is 9.13 Å². The van der Waals surface area contributed by atoms with Gasteiger partial charge in [-0.1, -0.05) is 176 Å². The molecule has 0 amide bonds. The molecule has 3 aromatic heterocycles. The maximum Gasteiger partial charge on any atom is 0.166 e. The molecule has 64 heavy (non-hydrogen) atoms. The van der Waals surface area contributed by atoms with Crippen molar-refractivity contribution in [3.63, 3.8) is 0 Å². The molecule has 10 aromatic carbocycles. The van der Waals surface area contributed by atoms with Crippen molar-refractivity contribution in [1.29, 1.82) is 0 Å². The Kier molecular flexibility index (Phi) is 8.15. The zero-order valence-corrected chi connectivity index (χ0v) is 34.6. The lowest BCUT2D eigenvalue weighted by molar-refractivity contribution is 1.07. The molecule has 298 valence electrons. The van der Waals surface area contributed by atoms with Crippen LogP contribution in [0, 0.1) is 0 Å². The highest BCUT2D eigenvalue weighted by Gasteiger charge is 2.23. The third-order valence-electron chi connectivity index (χ3n) is 12.7. The van der Waals surface area contributed by atoms with Crippen molar-refractivity contribution in [3.05, 3.63) is 224 Å². The molecule has 0 fully saturated rings. The topological polar surface area (TPSA) is 48.5 Å². The average Bonchev–Trinajstić information content (AvgIpc) is 3.89. The van der Waals surface area contributed by atoms with Crippen molar-refractivity contribution >= 4 is 65.2 Å². The molecule has 0 N–H and O–H groups in total. The summed E-state index contributed by atoms with van der Waals surface area (Å²) >= 11 is 0. The zero-order chi connectivity index (χ0) is 42.1. The molecule has 0 bridgehead atoms. The number of hydrogen-bond donors (Lipinski definition) is 0. The van der Waals surface area contributed by atoms with Crippen LogP contribution in [0.5, 0.6) is 0 Å². The third-order valence-corrected chi connectivity index (χ3v) is 12.7. The highest BCUT2D eigenvalue weighted by Crippen LogP contribution is 2.44. The van der Waals surface area contributed by atoms with Crippen molar-refractivity contribution in [2.75, 3.05) is 0 Å². The van der Waals surface area contributed by atoms with Gasteiger partial charge in [0.2, 0.25) is 0 Å². The van der Waals surface area contributed by atoms with Crippen LogP contribution in [0.3, 0.4) is 0 Å². The van der Waals surface area contributed by atoms with E-state index in [1.165, 1.54) is 49.1 Å². The molecule has 0 unspecified atom stereocenters. The third kappa shape index (κ3) is 5.68. The van der Waals surface area contributed by atoms with Crippen LogP contribution in [0.25, 0.3) is 122 Å². The molecule has 0 spiro atoms. The number of aromatic nitrogens is 5. The van der Waals surface area contributed by atoms with Crippen molar-refractivity contribution in [3.8, 4) is 56.7 Å². The highest BCUT2D eigenvalue weighted by atomic mass is 15.1. The fourth-order valence-electron chi connectivity index (χ4n) is 9.84.